The quantitative estimate of drug-likeness (QED) is 0.558. The van der Waals surface area contributed by atoms with E-state index in [9.17, 15) is 25.0 Å². The Kier molecular flexibility index (Phi) is 2.91. The second kappa shape index (κ2) is 4.40. The van der Waals surface area contributed by atoms with Gasteiger partial charge in [-0.2, -0.15) is 0 Å². The van der Waals surface area contributed by atoms with Gasteiger partial charge in [0.25, 0.3) is 0 Å². The van der Waals surface area contributed by atoms with Crippen molar-refractivity contribution in [2.45, 2.75) is 6.92 Å². The molecule has 10 nitrogen and oxygen atoms in total. The molecule has 19 heavy (non-hydrogen) atoms. The van der Waals surface area contributed by atoms with Crippen molar-refractivity contribution in [2.75, 3.05) is 11.9 Å². The Morgan fingerprint density at radius 1 is 1.26 bits per heavy atom. The van der Waals surface area contributed by atoms with Crippen molar-refractivity contribution >= 4 is 28.1 Å². The van der Waals surface area contributed by atoms with Crippen molar-refractivity contribution in [3.05, 3.63) is 36.8 Å². The molecule has 0 atom stereocenters. The number of imidazole rings is 1. The normalized spacial score (nSPS) is 10.6. The van der Waals surface area contributed by atoms with Gasteiger partial charge in [0.1, 0.15) is 5.52 Å². The number of hydrogen-bond donors (Lipinski definition) is 3. The van der Waals surface area contributed by atoms with Gasteiger partial charge >= 0.3 is 17.1 Å². The van der Waals surface area contributed by atoms with Gasteiger partial charge in [0.2, 0.25) is 0 Å². The van der Waals surface area contributed by atoms with Crippen LogP contribution in [0.4, 0.5) is 17.1 Å². The topological polar surface area (TPSA) is 147 Å². The van der Waals surface area contributed by atoms with Crippen molar-refractivity contribution in [1.82, 2.24) is 9.97 Å². The van der Waals surface area contributed by atoms with Crippen LogP contribution in [-0.4, -0.2) is 26.4 Å². The molecule has 3 N–H and O–H groups in total. The van der Waals surface area contributed by atoms with E-state index in [1.165, 1.54) is 0 Å². The first kappa shape index (κ1) is 12.5. The van der Waals surface area contributed by atoms with Gasteiger partial charge in [0, 0.05) is 12.6 Å². The van der Waals surface area contributed by atoms with E-state index in [2.05, 4.69) is 15.3 Å². The van der Waals surface area contributed by atoms with Crippen LogP contribution in [0.15, 0.2) is 10.9 Å². The van der Waals surface area contributed by atoms with Crippen molar-refractivity contribution in [3.63, 3.8) is 0 Å². The van der Waals surface area contributed by atoms with Crippen LogP contribution >= 0.6 is 0 Å². The lowest BCUT2D eigenvalue weighted by Crippen LogP contribution is -2.05. The largest absolute Gasteiger partial charge is 0.374 e. The average Bonchev–Trinajstić information content (AvgIpc) is 2.67. The first-order valence-electron chi connectivity index (χ1n) is 5.27. The number of benzene rings is 1. The zero-order valence-corrected chi connectivity index (χ0v) is 9.72. The molecule has 0 aliphatic heterocycles. The second-order valence-electron chi connectivity index (χ2n) is 3.67. The lowest BCUT2D eigenvalue weighted by molar-refractivity contribution is -0.391. The molecular weight excluding hydrogens is 258 g/mol. The number of nitro groups is 2. The van der Waals surface area contributed by atoms with E-state index < -0.39 is 26.9 Å². The van der Waals surface area contributed by atoms with Crippen LogP contribution in [0.3, 0.4) is 0 Å². The summed E-state index contributed by atoms with van der Waals surface area (Å²) in [5, 5.41) is 24.7. The molecule has 0 fully saturated rings. The van der Waals surface area contributed by atoms with Crippen LogP contribution in [0, 0.1) is 20.2 Å². The zero-order chi connectivity index (χ0) is 14.2. The average molecular weight is 267 g/mol. The fraction of sp³-hybridized carbons (Fsp3) is 0.222. The lowest BCUT2D eigenvalue weighted by atomic mass is 10.2. The molecule has 0 spiro atoms. The number of aromatic amines is 2. The Balaban J connectivity index is 2.94. The summed E-state index contributed by atoms with van der Waals surface area (Å²) in [6.45, 7) is 1.92. The van der Waals surface area contributed by atoms with Gasteiger partial charge in [-0.15, -0.1) is 0 Å². The molecule has 0 saturated heterocycles. The molecular formula is C9H9N5O5. The maximum atomic E-state index is 11.2. The van der Waals surface area contributed by atoms with E-state index in [1.54, 1.807) is 6.92 Å². The predicted molar refractivity (Wildman–Crippen MR) is 66.4 cm³/mol. The minimum atomic E-state index is -0.767. The third-order valence-electron chi connectivity index (χ3n) is 2.50. The summed E-state index contributed by atoms with van der Waals surface area (Å²) in [5.41, 5.74) is -1.93. The first-order chi connectivity index (χ1) is 8.95. The Labute approximate surface area is 104 Å². The molecule has 2 rings (SSSR count). The third-order valence-corrected chi connectivity index (χ3v) is 2.50. The SMILES string of the molecule is CCNc1c([N+](=O)[O-])cc2[nH]c(=O)[nH]c2c1[N+](=O)[O-]. The van der Waals surface area contributed by atoms with Gasteiger partial charge < -0.3 is 10.3 Å². The maximum Gasteiger partial charge on any atom is 0.324 e. The van der Waals surface area contributed by atoms with E-state index >= 15 is 0 Å². The molecule has 0 radical (unpaired) electrons. The molecule has 1 aromatic heterocycles. The smallest absolute Gasteiger partial charge is 0.324 e. The standard InChI is InChI=1S/C9H9N5O5/c1-2-10-7-5(13(16)17)3-4-6(8(7)14(18)19)12-9(15)11-4/h3,10H,2H2,1H3,(H2,11,12,15). The number of fused-ring (bicyclic) bond motifs is 1. The van der Waals surface area contributed by atoms with Gasteiger partial charge in [-0.1, -0.05) is 0 Å². The predicted octanol–water partition coefficient (Wildman–Crippen LogP) is 1.10. The van der Waals surface area contributed by atoms with E-state index in [0.717, 1.165) is 6.07 Å². The Bertz CT molecular complexity index is 730. The molecule has 2 aromatic rings. The monoisotopic (exact) mass is 267 g/mol. The van der Waals surface area contributed by atoms with Crippen molar-refractivity contribution in [1.29, 1.82) is 0 Å². The number of rotatable bonds is 4. The molecule has 1 aromatic carbocycles. The van der Waals surface area contributed by atoms with Crippen LogP contribution in [0.1, 0.15) is 6.92 Å². The molecule has 100 valence electrons. The van der Waals surface area contributed by atoms with E-state index in [1.807, 2.05) is 0 Å². The van der Waals surface area contributed by atoms with Gasteiger partial charge in [0.05, 0.1) is 15.4 Å². The number of hydrogen-bond acceptors (Lipinski definition) is 6. The third kappa shape index (κ3) is 1.99. The van der Waals surface area contributed by atoms with Crippen molar-refractivity contribution < 1.29 is 9.85 Å². The lowest BCUT2D eigenvalue weighted by Gasteiger charge is -2.05. The summed E-state index contributed by atoms with van der Waals surface area (Å²) >= 11 is 0. The highest BCUT2D eigenvalue weighted by Gasteiger charge is 2.30. The maximum absolute atomic E-state index is 11.2. The summed E-state index contributed by atoms with van der Waals surface area (Å²) in [4.78, 5) is 36.3. The van der Waals surface area contributed by atoms with Gasteiger partial charge in [0.15, 0.2) is 5.69 Å². The van der Waals surface area contributed by atoms with Crippen LogP contribution in [0.2, 0.25) is 0 Å². The molecule has 0 aliphatic carbocycles. The van der Waals surface area contributed by atoms with E-state index in [0.29, 0.717) is 0 Å². The Morgan fingerprint density at radius 2 is 1.95 bits per heavy atom. The molecule has 0 aliphatic rings. The number of aromatic nitrogens is 2. The van der Waals surface area contributed by atoms with Crippen molar-refractivity contribution in [3.8, 4) is 0 Å². The molecule has 0 bridgehead atoms. The number of anilines is 1. The van der Waals surface area contributed by atoms with Gasteiger partial charge in [-0.05, 0) is 6.92 Å². The summed E-state index contributed by atoms with van der Waals surface area (Å²) in [6, 6.07) is 1.08. The Morgan fingerprint density at radius 3 is 2.47 bits per heavy atom. The highest BCUT2D eigenvalue weighted by Crippen LogP contribution is 2.38. The summed E-state index contributed by atoms with van der Waals surface area (Å²) in [7, 11) is 0. The minimum Gasteiger partial charge on any atom is -0.374 e. The summed E-state index contributed by atoms with van der Waals surface area (Å²) < 4.78 is 0. The number of nitro benzene ring substituents is 2. The fourth-order valence-electron chi connectivity index (χ4n) is 1.82. The minimum absolute atomic E-state index is 0.0186. The van der Waals surface area contributed by atoms with Crippen LogP contribution in [0.5, 0.6) is 0 Å². The van der Waals surface area contributed by atoms with Crippen LogP contribution < -0.4 is 11.0 Å². The second-order valence-corrected chi connectivity index (χ2v) is 3.67. The molecule has 0 unspecified atom stereocenters. The number of nitrogens with zero attached hydrogens (tertiary/aromatic N) is 2. The fourth-order valence-corrected chi connectivity index (χ4v) is 1.82. The highest BCUT2D eigenvalue weighted by atomic mass is 16.6. The Hall–Kier alpha value is -2.91. The number of H-pyrrole nitrogens is 2. The molecule has 0 saturated carbocycles. The summed E-state index contributed by atoms with van der Waals surface area (Å²) in [5.74, 6) is 0. The zero-order valence-electron chi connectivity index (χ0n) is 9.72. The molecule has 10 heteroatoms. The van der Waals surface area contributed by atoms with Gasteiger partial charge in [-0.3, -0.25) is 25.2 Å². The van der Waals surface area contributed by atoms with Crippen LogP contribution in [-0.2, 0) is 0 Å². The van der Waals surface area contributed by atoms with Crippen LogP contribution in [0.25, 0.3) is 11.0 Å². The first-order valence-corrected chi connectivity index (χ1v) is 5.27. The number of nitrogens with one attached hydrogen (secondary N) is 3. The summed E-state index contributed by atoms with van der Waals surface area (Å²) in [6.07, 6.45) is 0. The highest BCUT2D eigenvalue weighted by molar-refractivity contribution is 5.96. The molecule has 0 amide bonds. The molecule has 1 heterocycles. The van der Waals surface area contributed by atoms with E-state index in [4.69, 9.17) is 0 Å². The van der Waals surface area contributed by atoms with Crippen molar-refractivity contribution in [2.24, 2.45) is 0 Å². The van der Waals surface area contributed by atoms with Gasteiger partial charge in [-0.25, -0.2) is 4.79 Å². The van der Waals surface area contributed by atoms with E-state index in [-0.39, 0.29) is 23.3 Å².